The average molecular weight is 495 g/mol. The fourth-order valence-electron chi connectivity index (χ4n) is 5.49. The van der Waals surface area contributed by atoms with Gasteiger partial charge in [-0.2, -0.15) is 0 Å². The predicted octanol–water partition coefficient (Wildman–Crippen LogP) is 3.47. The number of nitrogens with zero attached hydrogens (tertiary/aromatic N) is 8. The highest BCUT2D eigenvalue weighted by atomic mass is 16.5. The van der Waals surface area contributed by atoms with Crippen LogP contribution in [0.15, 0.2) is 48.9 Å². The van der Waals surface area contributed by atoms with Crippen LogP contribution in [0, 0.1) is 12.3 Å². The number of aromatic nitrogens is 7. The lowest BCUT2D eigenvalue weighted by molar-refractivity contribution is 0.0652. The Morgan fingerprint density at radius 2 is 1.92 bits per heavy atom. The molecule has 7 rings (SSSR count). The van der Waals surface area contributed by atoms with E-state index in [0.717, 1.165) is 54.0 Å². The van der Waals surface area contributed by atoms with Crippen LogP contribution in [0.2, 0.25) is 0 Å². The Kier molecular flexibility index (Phi) is 4.77. The lowest BCUT2D eigenvalue weighted by Gasteiger charge is -2.58. The lowest BCUT2D eigenvalue weighted by atomic mass is 9.61. The first-order chi connectivity index (χ1) is 17.9. The molecule has 1 spiro atoms. The molecule has 1 saturated carbocycles. The summed E-state index contributed by atoms with van der Waals surface area (Å²) in [4.78, 5) is 20.4. The topological polar surface area (TPSA) is 133 Å². The maximum atomic E-state index is 6.14. The van der Waals surface area contributed by atoms with Crippen LogP contribution in [0.3, 0.4) is 0 Å². The van der Waals surface area contributed by atoms with E-state index < -0.39 is 0 Å². The summed E-state index contributed by atoms with van der Waals surface area (Å²) in [6.45, 7) is 3.91. The van der Waals surface area contributed by atoms with E-state index >= 15 is 0 Å². The number of hydrogen-bond acceptors (Lipinski definition) is 10. The van der Waals surface area contributed by atoms with Gasteiger partial charge in [-0.1, -0.05) is 5.21 Å². The molecule has 37 heavy (non-hydrogen) atoms. The van der Waals surface area contributed by atoms with Crippen LogP contribution >= 0.6 is 0 Å². The van der Waals surface area contributed by atoms with Gasteiger partial charge in [0.05, 0.1) is 11.7 Å². The fourth-order valence-corrected chi connectivity index (χ4v) is 5.49. The minimum absolute atomic E-state index is 0.339. The van der Waals surface area contributed by atoms with Crippen molar-refractivity contribution >= 4 is 39.5 Å². The standard InChI is InChI=1S/C26H26N10O/c1-15-7-17(3-6-22(15)37-18-4-5-21-19(8-18)33-34-35(21)2)31-24-23-20(29-14-30-24)11-28-25(32-23)36-12-26(13-36)9-16(27)10-26/h3-8,11,14,16H,9-10,12-13,27H2,1-2H3,(H,29,30,31). The smallest absolute Gasteiger partial charge is 0.226 e. The van der Waals surface area contributed by atoms with E-state index in [1.165, 1.54) is 6.33 Å². The molecule has 1 saturated heterocycles. The zero-order valence-corrected chi connectivity index (χ0v) is 20.6. The second kappa shape index (κ2) is 8.07. The van der Waals surface area contributed by atoms with Gasteiger partial charge in [-0.05, 0) is 55.7 Å². The fraction of sp³-hybridized carbons (Fsp3) is 0.308. The van der Waals surface area contributed by atoms with Crippen LogP contribution < -0.4 is 20.7 Å². The normalized spacial score (nSPS) is 16.7. The summed E-state index contributed by atoms with van der Waals surface area (Å²) >= 11 is 0. The Morgan fingerprint density at radius 3 is 2.73 bits per heavy atom. The molecule has 1 aliphatic carbocycles. The molecule has 2 aliphatic rings. The maximum absolute atomic E-state index is 6.14. The summed E-state index contributed by atoms with van der Waals surface area (Å²) in [5.41, 5.74) is 11.3. The quantitative estimate of drug-likeness (QED) is 0.374. The number of benzene rings is 2. The second-order valence-corrected chi connectivity index (χ2v) is 10.2. The van der Waals surface area contributed by atoms with Gasteiger partial charge in [-0.15, -0.1) is 5.10 Å². The Balaban J connectivity index is 1.11. The first kappa shape index (κ1) is 21.9. The van der Waals surface area contributed by atoms with E-state index in [0.29, 0.717) is 40.0 Å². The molecule has 11 nitrogen and oxygen atoms in total. The first-order valence-electron chi connectivity index (χ1n) is 12.3. The number of rotatable bonds is 5. The molecule has 2 fully saturated rings. The zero-order chi connectivity index (χ0) is 25.1. The number of nitrogens with two attached hydrogens (primary N) is 1. The highest BCUT2D eigenvalue weighted by Crippen LogP contribution is 2.48. The number of fused-ring (bicyclic) bond motifs is 2. The third kappa shape index (κ3) is 3.78. The largest absolute Gasteiger partial charge is 0.457 e. The average Bonchev–Trinajstić information content (AvgIpc) is 3.22. The summed E-state index contributed by atoms with van der Waals surface area (Å²) in [7, 11) is 1.87. The number of aryl methyl sites for hydroxylation is 2. The number of ether oxygens (including phenoxy) is 1. The summed E-state index contributed by atoms with van der Waals surface area (Å²) in [5, 5.41) is 11.6. The highest BCUT2D eigenvalue weighted by molar-refractivity contribution is 5.87. The molecule has 3 N–H and O–H groups in total. The van der Waals surface area contributed by atoms with Crippen molar-refractivity contribution in [1.29, 1.82) is 0 Å². The number of nitrogens with one attached hydrogen (secondary N) is 1. The highest BCUT2D eigenvalue weighted by Gasteiger charge is 2.51. The number of anilines is 3. The molecule has 2 aromatic carbocycles. The SMILES string of the molecule is Cc1cc(Nc2ncnc3cnc(N4CC5(CC(N)C5)C4)nc23)ccc1Oc1ccc2c(c1)nnn2C. The third-order valence-corrected chi connectivity index (χ3v) is 7.34. The van der Waals surface area contributed by atoms with E-state index in [1.807, 2.05) is 50.4 Å². The van der Waals surface area contributed by atoms with E-state index in [1.54, 1.807) is 10.9 Å². The monoisotopic (exact) mass is 494 g/mol. The second-order valence-electron chi connectivity index (χ2n) is 10.2. The van der Waals surface area contributed by atoms with Crippen molar-refractivity contribution in [1.82, 2.24) is 34.9 Å². The van der Waals surface area contributed by atoms with Gasteiger partial charge in [0.15, 0.2) is 5.82 Å². The van der Waals surface area contributed by atoms with Crippen LogP contribution in [0.5, 0.6) is 11.5 Å². The molecule has 4 heterocycles. The molecule has 0 atom stereocenters. The molecule has 0 bridgehead atoms. The van der Waals surface area contributed by atoms with Crippen molar-refractivity contribution in [3.05, 3.63) is 54.5 Å². The van der Waals surface area contributed by atoms with Gasteiger partial charge in [0, 0.05) is 43.3 Å². The molecule has 0 unspecified atom stereocenters. The Hall–Kier alpha value is -4.38. The van der Waals surface area contributed by atoms with Crippen LogP contribution in [0.25, 0.3) is 22.1 Å². The van der Waals surface area contributed by atoms with Crippen LogP contribution in [0.1, 0.15) is 18.4 Å². The van der Waals surface area contributed by atoms with Gasteiger partial charge < -0.3 is 20.7 Å². The van der Waals surface area contributed by atoms with Crippen molar-refractivity contribution in [2.45, 2.75) is 25.8 Å². The first-order valence-corrected chi connectivity index (χ1v) is 12.3. The molecule has 5 aromatic rings. The predicted molar refractivity (Wildman–Crippen MR) is 140 cm³/mol. The summed E-state index contributed by atoms with van der Waals surface area (Å²) < 4.78 is 7.87. The Bertz CT molecular complexity index is 1650. The lowest BCUT2D eigenvalue weighted by Crippen LogP contribution is -2.65. The van der Waals surface area contributed by atoms with Gasteiger partial charge in [-0.3, -0.25) is 0 Å². The minimum Gasteiger partial charge on any atom is -0.457 e. The Morgan fingerprint density at radius 1 is 1.05 bits per heavy atom. The Labute approximate surface area is 212 Å². The molecule has 1 aliphatic heterocycles. The third-order valence-electron chi connectivity index (χ3n) is 7.34. The molecule has 3 aromatic heterocycles. The summed E-state index contributed by atoms with van der Waals surface area (Å²) in [5.74, 6) is 2.81. The van der Waals surface area contributed by atoms with Gasteiger partial charge in [0.1, 0.15) is 34.4 Å². The molecule has 186 valence electrons. The van der Waals surface area contributed by atoms with E-state index in [9.17, 15) is 0 Å². The number of hydrogen-bond donors (Lipinski definition) is 2. The van der Waals surface area contributed by atoms with Gasteiger partial charge in [-0.25, -0.2) is 24.6 Å². The van der Waals surface area contributed by atoms with E-state index in [2.05, 4.69) is 35.5 Å². The van der Waals surface area contributed by atoms with E-state index in [-0.39, 0.29) is 0 Å². The van der Waals surface area contributed by atoms with Crippen molar-refractivity contribution in [2.24, 2.45) is 18.2 Å². The van der Waals surface area contributed by atoms with Gasteiger partial charge in [0.2, 0.25) is 5.95 Å². The molecular formula is C26H26N10O. The maximum Gasteiger partial charge on any atom is 0.226 e. The van der Waals surface area contributed by atoms with Crippen molar-refractivity contribution in [2.75, 3.05) is 23.3 Å². The van der Waals surface area contributed by atoms with Gasteiger partial charge in [0.25, 0.3) is 0 Å². The van der Waals surface area contributed by atoms with Crippen LogP contribution in [-0.4, -0.2) is 54.1 Å². The van der Waals surface area contributed by atoms with Crippen molar-refractivity contribution in [3.63, 3.8) is 0 Å². The molecular weight excluding hydrogens is 468 g/mol. The van der Waals surface area contributed by atoms with Crippen molar-refractivity contribution < 1.29 is 4.74 Å². The molecule has 0 radical (unpaired) electrons. The van der Waals surface area contributed by atoms with Crippen molar-refractivity contribution in [3.8, 4) is 11.5 Å². The summed E-state index contributed by atoms with van der Waals surface area (Å²) in [6.07, 6.45) is 5.45. The summed E-state index contributed by atoms with van der Waals surface area (Å²) in [6, 6.07) is 12.0. The van der Waals surface area contributed by atoms with Crippen LogP contribution in [0.4, 0.5) is 17.5 Å². The molecule has 0 amide bonds. The van der Waals surface area contributed by atoms with Gasteiger partial charge >= 0.3 is 0 Å². The van der Waals surface area contributed by atoms with E-state index in [4.69, 9.17) is 15.5 Å². The molecule has 11 heteroatoms. The zero-order valence-electron chi connectivity index (χ0n) is 20.6. The van der Waals surface area contributed by atoms with Crippen LogP contribution in [-0.2, 0) is 7.05 Å². The minimum atomic E-state index is 0.339.